The van der Waals surface area contributed by atoms with Crippen molar-refractivity contribution in [3.63, 3.8) is 0 Å². The summed E-state index contributed by atoms with van der Waals surface area (Å²) in [5.41, 5.74) is 2.85. The fourth-order valence-corrected chi connectivity index (χ4v) is 4.13. The van der Waals surface area contributed by atoms with Crippen LogP contribution in [0.2, 0.25) is 0 Å². The van der Waals surface area contributed by atoms with Gasteiger partial charge in [0.15, 0.2) is 0 Å². The molecular weight excluding hydrogens is 382 g/mol. The molecule has 2 heterocycles. The van der Waals surface area contributed by atoms with Crippen LogP contribution in [-0.4, -0.2) is 15.9 Å². The average molecular weight is 410 g/mol. The van der Waals surface area contributed by atoms with Crippen LogP contribution in [0.15, 0.2) is 48.8 Å². The molecule has 0 aliphatic carbocycles. The molecule has 1 aromatic carbocycles. The first-order chi connectivity index (χ1) is 13.9. The fraction of sp³-hybridized carbons (Fsp3) is 0.348. The Kier molecular flexibility index (Phi) is 6.99. The first kappa shape index (κ1) is 21.0. The van der Waals surface area contributed by atoms with Gasteiger partial charge < -0.3 is 10.1 Å². The van der Waals surface area contributed by atoms with Crippen molar-refractivity contribution in [1.29, 1.82) is 0 Å². The van der Waals surface area contributed by atoms with Crippen molar-refractivity contribution in [1.82, 2.24) is 15.3 Å². The highest BCUT2D eigenvalue weighted by atomic mass is 32.1. The monoisotopic (exact) mass is 409 g/mol. The number of nitrogens with one attached hydrogen (secondary N) is 1. The molecule has 2 aromatic heterocycles. The largest absolute Gasteiger partial charge is 0.489 e. The third-order valence-electron chi connectivity index (χ3n) is 4.49. The van der Waals surface area contributed by atoms with E-state index in [1.807, 2.05) is 50.2 Å². The van der Waals surface area contributed by atoms with Crippen LogP contribution in [0.3, 0.4) is 0 Å². The Morgan fingerprint density at radius 3 is 2.59 bits per heavy atom. The second kappa shape index (κ2) is 9.65. The molecule has 0 aliphatic rings. The maximum Gasteiger partial charge on any atom is 0.263 e. The predicted octanol–water partition coefficient (Wildman–Crippen LogP) is 5.12. The number of hydrogen-bond donors (Lipinski definition) is 1. The van der Waals surface area contributed by atoms with Crippen LogP contribution in [0.5, 0.6) is 5.75 Å². The van der Waals surface area contributed by atoms with Crippen LogP contribution in [-0.2, 0) is 13.0 Å². The second-order valence-electron chi connectivity index (χ2n) is 7.53. The van der Waals surface area contributed by atoms with E-state index < -0.39 is 0 Å². The highest BCUT2D eigenvalue weighted by Crippen LogP contribution is 2.23. The van der Waals surface area contributed by atoms with Gasteiger partial charge in [-0.2, -0.15) is 0 Å². The minimum absolute atomic E-state index is 0.0700. The van der Waals surface area contributed by atoms with Gasteiger partial charge in [0.1, 0.15) is 17.2 Å². The summed E-state index contributed by atoms with van der Waals surface area (Å²) in [7, 11) is 0. The van der Waals surface area contributed by atoms with Crippen LogP contribution in [0.25, 0.3) is 0 Å². The van der Waals surface area contributed by atoms with E-state index >= 15 is 0 Å². The highest BCUT2D eigenvalue weighted by molar-refractivity contribution is 7.13. The Morgan fingerprint density at radius 1 is 1.17 bits per heavy atom. The number of amides is 1. The number of ether oxygens (including phenoxy) is 1. The zero-order chi connectivity index (χ0) is 20.8. The SMILES string of the molecule is Cc1nc(CC(C)C)sc1C(=O)NC(C)c1ccc(OCc2cccnc2)cc1. The molecule has 0 saturated carbocycles. The standard InChI is InChI=1S/C23H27N3O2S/c1-15(2)12-21-25-17(4)22(29-21)23(27)26-16(3)19-7-9-20(10-8-19)28-14-18-6-5-11-24-13-18/h5-11,13,15-16H,12,14H2,1-4H3,(H,26,27). The lowest BCUT2D eigenvalue weighted by atomic mass is 10.1. The Bertz CT molecular complexity index is 937. The molecule has 1 unspecified atom stereocenters. The molecule has 0 aliphatic heterocycles. The molecule has 0 radical (unpaired) electrons. The summed E-state index contributed by atoms with van der Waals surface area (Å²) < 4.78 is 5.79. The number of benzene rings is 1. The van der Waals surface area contributed by atoms with Crippen molar-refractivity contribution in [3.8, 4) is 5.75 Å². The summed E-state index contributed by atoms with van der Waals surface area (Å²) in [6.07, 6.45) is 4.43. The molecule has 29 heavy (non-hydrogen) atoms. The Morgan fingerprint density at radius 2 is 1.93 bits per heavy atom. The first-order valence-electron chi connectivity index (χ1n) is 9.81. The van der Waals surface area contributed by atoms with Crippen molar-refractivity contribution in [2.75, 3.05) is 0 Å². The zero-order valence-corrected chi connectivity index (χ0v) is 18.1. The summed E-state index contributed by atoms with van der Waals surface area (Å²) >= 11 is 1.49. The van der Waals surface area contributed by atoms with Crippen molar-refractivity contribution in [2.24, 2.45) is 5.92 Å². The van der Waals surface area contributed by atoms with Crippen LogP contribution in [0.4, 0.5) is 0 Å². The second-order valence-corrected chi connectivity index (χ2v) is 8.62. The zero-order valence-electron chi connectivity index (χ0n) is 17.3. The third-order valence-corrected chi connectivity index (χ3v) is 5.66. The van der Waals surface area contributed by atoms with Crippen LogP contribution in [0, 0.1) is 12.8 Å². The lowest BCUT2D eigenvalue weighted by Gasteiger charge is -2.15. The smallest absolute Gasteiger partial charge is 0.263 e. The number of rotatable bonds is 8. The normalized spacial score (nSPS) is 12.0. The number of carbonyl (C=O) groups excluding carboxylic acids is 1. The molecule has 3 rings (SSSR count). The van der Waals surface area contributed by atoms with Gasteiger partial charge in [-0.15, -0.1) is 11.3 Å². The number of aryl methyl sites for hydroxylation is 1. The summed E-state index contributed by atoms with van der Waals surface area (Å²) in [6.45, 7) is 8.66. The summed E-state index contributed by atoms with van der Waals surface area (Å²) in [6, 6.07) is 11.6. The maximum atomic E-state index is 12.7. The summed E-state index contributed by atoms with van der Waals surface area (Å²) in [5.74, 6) is 1.24. The topological polar surface area (TPSA) is 64.1 Å². The molecule has 5 nitrogen and oxygen atoms in total. The molecule has 1 atom stereocenters. The number of aromatic nitrogens is 2. The number of hydrogen-bond acceptors (Lipinski definition) is 5. The molecule has 0 bridgehead atoms. The number of nitrogens with zero attached hydrogens (tertiary/aromatic N) is 2. The minimum Gasteiger partial charge on any atom is -0.489 e. The number of carbonyl (C=O) groups is 1. The molecule has 1 N–H and O–H groups in total. The van der Waals surface area contributed by atoms with E-state index in [0.29, 0.717) is 17.4 Å². The van der Waals surface area contributed by atoms with Gasteiger partial charge in [-0.1, -0.05) is 32.0 Å². The lowest BCUT2D eigenvalue weighted by molar-refractivity contribution is 0.0943. The summed E-state index contributed by atoms with van der Waals surface area (Å²) in [4.78, 5) is 22.0. The fourth-order valence-electron chi connectivity index (χ4n) is 2.95. The van der Waals surface area contributed by atoms with Crippen molar-refractivity contribution in [3.05, 3.63) is 75.5 Å². The van der Waals surface area contributed by atoms with Crippen LogP contribution >= 0.6 is 11.3 Å². The van der Waals surface area contributed by atoms with Gasteiger partial charge in [-0.25, -0.2) is 4.98 Å². The van der Waals surface area contributed by atoms with E-state index in [1.54, 1.807) is 12.4 Å². The van der Waals surface area contributed by atoms with Gasteiger partial charge in [0.05, 0.1) is 16.7 Å². The first-order valence-corrected chi connectivity index (χ1v) is 10.6. The van der Waals surface area contributed by atoms with Gasteiger partial charge >= 0.3 is 0 Å². The van der Waals surface area contributed by atoms with Crippen LogP contribution < -0.4 is 10.1 Å². The van der Waals surface area contributed by atoms with E-state index in [2.05, 4.69) is 29.1 Å². The van der Waals surface area contributed by atoms with E-state index in [4.69, 9.17) is 4.74 Å². The lowest BCUT2D eigenvalue weighted by Crippen LogP contribution is -2.26. The van der Waals surface area contributed by atoms with E-state index in [-0.39, 0.29) is 11.9 Å². The minimum atomic E-state index is -0.107. The Balaban J connectivity index is 1.58. The van der Waals surface area contributed by atoms with E-state index in [1.165, 1.54) is 11.3 Å². The Labute approximate surface area is 176 Å². The van der Waals surface area contributed by atoms with Crippen LogP contribution in [0.1, 0.15) is 58.3 Å². The van der Waals surface area contributed by atoms with Gasteiger partial charge in [-0.05, 0) is 43.5 Å². The highest BCUT2D eigenvalue weighted by Gasteiger charge is 2.18. The predicted molar refractivity (Wildman–Crippen MR) is 116 cm³/mol. The van der Waals surface area contributed by atoms with E-state index in [9.17, 15) is 4.79 Å². The van der Waals surface area contributed by atoms with Gasteiger partial charge in [-0.3, -0.25) is 9.78 Å². The quantitative estimate of drug-likeness (QED) is 0.561. The summed E-state index contributed by atoms with van der Waals surface area (Å²) in [5, 5.41) is 4.10. The van der Waals surface area contributed by atoms with Crippen molar-refractivity contribution in [2.45, 2.75) is 46.8 Å². The van der Waals surface area contributed by atoms with Crippen molar-refractivity contribution >= 4 is 17.2 Å². The average Bonchev–Trinajstić information content (AvgIpc) is 3.07. The molecule has 3 aromatic rings. The van der Waals surface area contributed by atoms with E-state index in [0.717, 1.165) is 34.0 Å². The van der Waals surface area contributed by atoms with Gasteiger partial charge in [0, 0.05) is 24.4 Å². The maximum absolute atomic E-state index is 12.7. The molecule has 6 heteroatoms. The van der Waals surface area contributed by atoms with Gasteiger partial charge in [0.2, 0.25) is 0 Å². The molecular formula is C23H27N3O2S. The molecule has 0 fully saturated rings. The Hall–Kier alpha value is -2.73. The number of pyridine rings is 1. The third kappa shape index (κ3) is 5.87. The molecule has 152 valence electrons. The van der Waals surface area contributed by atoms with Gasteiger partial charge in [0.25, 0.3) is 5.91 Å². The molecule has 1 amide bonds. The molecule has 0 saturated heterocycles. The molecule has 0 spiro atoms. The van der Waals surface area contributed by atoms with Crippen molar-refractivity contribution < 1.29 is 9.53 Å². The number of thiazole rings is 1.